The summed E-state index contributed by atoms with van der Waals surface area (Å²) < 4.78 is 22.7. The molecule has 1 fully saturated rings. The molecule has 1 aromatic carbocycles. The van der Waals surface area contributed by atoms with Crippen molar-refractivity contribution in [1.82, 2.24) is 9.97 Å². The molecule has 0 saturated carbocycles. The number of nitrogens with zero attached hydrogens (tertiary/aromatic N) is 1. The summed E-state index contributed by atoms with van der Waals surface area (Å²) in [5, 5.41) is 3.12. The second kappa shape index (κ2) is 3.88. The SMILES string of the molecule is Nc1ccc2nc(NC3CCS(=O)(=O)C3)[nH]c2c1. The van der Waals surface area contributed by atoms with E-state index in [0.717, 1.165) is 11.0 Å². The highest BCUT2D eigenvalue weighted by atomic mass is 32.2. The van der Waals surface area contributed by atoms with E-state index in [4.69, 9.17) is 5.73 Å². The minimum Gasteiger partial charge on any atom is -0.399 e. The predicted molar refractivity (Wildman–Crippen MR) is 71.2 cm³/mol. The number of anilines is 2. The maximum atomic E-state index is 11.4. The smallest absolute Gasteiger partial charge is 0.201 e. The van der Waals surface area contributed by atoms with Crippen LogP contribution in [0.4, 0.5) is 11.6 Å². The molecule has 18 heavy (non-hydrogen) atoms. The lowest BCUT2D eigenvalue weighted by atomic mass is 10.3. The number of rotatable bonds is 2. The first kappa shape index (κ1) is 11.3. The Bertz CT molecular complexity index is 692. The first-order valence-electron chi connectivity index (χ1n) is 5.74. The molecule has 1 unspecified atom stereocenters. The Morgan fingerprint density at radius 3 is 3.00 bits per heavy atom. The van der Waals surface area contributed by atoms with E-state index in [1.54, 1.807) is 12.1 Å². The summed E-state index contributed by atoms with van der Waals surface area (Å²) in [5.41, 5.74) is 8.01. The molecule has 3 rings (SSSR count). The first-order chi connectivity index (χ1) is 8.52. The topological polar surface area (TPSA) is 101 Å². The minimum absolute atomic E-state index is 0.0621. The Hall–Kier alpha value is -1.76. The van der Waals surface area contributed by atoms with E-state index in [2.05, 4.69) is 15.3 Å². The molecule has 0 radical (unpaired) electrons. The van der Waals surface area contributed by atoms with E-state index in [-0.39, 0.29) is 17.5 Å². The lowest BCUT2D eigenvalue weighted by Crippen LogP contribution is -2.21. The molecule has 0 spiro atoms. The molecule has 7 heteroatoms. The van der Waals surface area contributed by atoms with Crippen LogP contribution in [-0.2, 0) is 9.84 Å². The van der Waals surface area contributed by atoms with Crippen molar-refractivity contribution in [2.75, 3.05) is 22.6 Å². The molecule has 0 amide bonds. The number of imidazole rings is 1. The zero-order chi connectivity index (χ0) is 12.8. The third-order valence-electron chi connectivity index (χ3n) is 3.08. The number of aromatic nitrogens is 2. The number of nitrogens with one attached hydrogen (secondary N) is 2. The number of aromatic amines is 1. The average Bonchev–Trinajstić information content (AvgIpc) is 2.81. The van der Waals surface area contributed by atoms with Crippen molar-refractivity contribution < 1.29 is 8.42 Å². The molecule has 2 heterocycles. The molecule has 1 saturated heterocycles. The number of fused-ring (bicyclic) bond motifs is 1. The molecule has 96 valence electrons. The molecule has 1 aliphatic rings. The van der Waals surface area contributed by atoms with Gasteiger partial charge >= 0.3 is 0 Å². The Morgan fingerprint density at radius 2 is 2.28 bits per heavy atom. The number of H-pyrrole nitrogens is 1. The number of hydrogen-bond acceptors (Lipinski definition) is 5. The van der Waals surface area contributed by atoms with E-state index in [9.17, 15) is 8.42 Å². The Balaban J connectivity index is 1.83. The highest BCUT2D eigenvalue weighted by Gasteiger charge is 2.28. The Labute approximate surface area is 105 Å². The molecular formula is C11H14N4O2S. The van der Waals surface area contributed by atoms with Crippen LogP contribution < -0.4 is 11.1 Å². The molecule has 2 aromatic rings. The van der Waals surface area contributed by atoms with Gasteiger partial charge in [0.1, 0.15) is 0 Å². The van der Waals surface area contributed by atoms with Gasteiger partial charge in [-0.15, -0.1) is 0 Å². The molecular weight excluding hydrogens is 252 g/mol. The molecule has 0 aliphatic carbocycles. The van der Waals surface area contributed by atoms with E-state index in [1.165, 1.54) is 0 Å². The van der Waals surface area contributed by atoms with Gasteiger partial charge in [0.25, 0.3) is 0 Å². The fraction of sp³-hybridized carbons (Fsp3) is 0.364. The van der Waals surface area contributed by atoms with Crippen LogP contribution in [0.25, 0.3) is 11.0 Å². The molecule has 1 aromatic heterocycles. The fourth-order valence-corrected chi connectivity index (χ4v) is 3.87. The van der Waals surface area contributed by atoms with Gasteiger partial charge in [-0.25, -0.2) is 13.4 Å². The number of hydrogen-bond donors (Lipinski definition) is 3. The van der Waals surface area contributed by atoms with Crippen LogP contribution >= 0.6 is 0 Å². The third-order valence-corrected chi connectivity index (χ3v) is 4.85. The molecule has 1 aliphatic heterocycles. The highest BCUT2D eigenvalue weighted by molar-refractivity contribution is 7.91. The van der Waals surface area contributed by atoms with Crippen LogP contribution in [0, 0.1) is 0 Å². The van der Waals surface area contributed by atoms with Crippen LogP contribution in [0.3, 0.4) is 0 Å². The summed E-state index contributed by atoms with van der Waals surface area (Å²) in [7, 11) is -2.88. The van der Waals surface area contributed by atoms with Crippen LogP contribution in [0.15, 0.2) is 18.2 Å². The van der Waals surface area contributed by atoms with Crippen molar-refractivity contribution in [2.45, 2.75) is 12.5 Å². The Morgan fingerprint density at radius 1 is 1.44 bits per heavy atom. The van der Waals surface area contributed by atoms with Crippen molar-refractivity contribution in [3.63, 3.8) is 0 Å². The highest BCUT2D eigenvalue weighted by Crippen LogP contribution is 2.20. The summed E-state index contributed by atoms with van der Waals surface area (Å²) in [6.07, 6.45) is 0.627. The van der Waals surface area contributed by atoms with Crippen molar-refractivity contribution in [1.29, 1.82) is 0 Å². The lowest BCUT2D eigenvalue weighted by molar-refractivity contribution is 0.602. The largest absolute Gasteiger partial charge is 0.399 e. The lowest BCUT2D eigenvalue weighted by Gasteiger charge is -2.08. The van der Waals surface area contributed by atoms with Crippen LogP contribution in [0.5, 0.6) is 0 Å². The van der Waals surface area contributed by atoms with E-state index in [1.807, 2.05) is 6.07 Å². The van der Waals surface area contributed by atoms with Gasteiger partial charge in [0, 0.05) is 11.7 Å². The molecule has 0 bridgehead atoms. The fourth-order valence-electron chi connectivity index (χ4n) is 2.20. The van der Waals surface area contributed by atoms with Crippen molar-refractivity contribution >= 4 is 32.5 Å². The molecule has 6 nitrogen and oxygen atoms in total. The third kappa shape index (κ3) is 2.13. The summed E-state index contributed by atoms with van der Waals surface area (Å²) in [6, 6.07) is 5.36. The predicted octanol–water partition coefficient (Wildman–Crippen LogP) is 0.744. The summed E-state index contributed by atoms with van der Waals surface area (Å²) in [4.78, 5) is 7.44. The van der Waals surface area contributed by atoms with Crippen LogP contribution in [0.2, 0.25) is 0 Å². The second-order valence-electron chi connectivity index (χ2n) is 4.61. The van der Waals surface area contributed by atoms with E-state index >= 15 is 0 Å². The first-order valence-corrected chi connectivity index (χ1v) is 7.56. The van der Waals surface area contributed by atoms with Gasteiger partial charge in [0.05, 0.1) is 22.5 Å². The number of sulfone groups is 1. The van der Waals surface area contributed by atoms with Crippen molar-refractivity contribution in [3.05, 3.63) is 18.2 Å². The van der Waals surface area contributed by atoms with Crippen LogP contribution in [-0.4, -0.2) is 35.9 Å². The molecule has 1 atom stereocenters. The van der Waals surface area contributed by atoms with Gasteiger partial charge in [-0.05, 0) is 24.6 Å². The zero-order valence-corrected chi connectivity index (χ0v) is 10.5. The van der Waals surface area contributed by atoms with Gasteiger partial charge in [-0.1, -0.05) is 0 Å². The van der Waals surface area contributed by atoms with E-state index < -0.39 is 9.84 Å². The van der Waals surface area contributed by atoms with E-state index in [0.29, 0.717) is 18.1 Å². The number of nitrogens with two attached hydrogens (primary N) is 1. The van der Waals surface area contributed by atoms with Gasteiger partial charge in [0.2, 0.25) is 5.95 Å². The van der Waals surface area contributed by atoms with Gasteiger partial charge in [-0.3, -0.25) is 0 Å². The molecule has 4 N–H and O–H groups in total. The monoisotopic (exact) mass is 266 g/mol. The maximum Gasteiger partial charge on any atom is 0.201 e. The van der Waals surface area contributed by atoms with Gasteiger partial charge in [-0.2, -0.15) is 0 Å². The number of nitrogen functional groups attached to an aromatic ring is 1. The standard InChI is InChI=1S/C11H14N4O2S/c12-7-1-2-9-10(5-7)15-11(14-9)13-8-3-4-18(16,17)6-8/h1-2,5,8H,3-4,6,12H2,(H2,13,14,15). The van der Waals surface area contributed by atoms with Gasteiger partial charge in [0.15, 0.2) is 9.84 Å². The van der Waals surface area contributed by atoms with Crippen molar-refractivity contribution in [3.8, 4) is 0 Å². The van der Waals surface area contributed by atoms with Crippen molar-refractivity contribution in [2.24, 2.45) is 0 Å². The second-order valence-corrected chi connectivity index (χ2v) is 6.84. The quantitative estimate of drug-likeness (QED) is 0.696. The normalized spacial score (nSPS) is 22.3. The summed E-state index contributed by atoms with van der Waals surface area (Å²) >= 11 is 0. The van der Waals surface area contributed by atoms with Gasteiger partial charge < -0.3 is 16.0 Å². The summed E-state index contributed by atoms with van der Waals surface area (Å²) in [6.45, 7) is 0. The zero-order valence-electron chi connectivity index (χ0n) is 9.68. The van der Waals surface area contributed by atoms with Crippen LogP contribution in [0.1, 0.15) is 6.42 Å². The average molecular weight is 266 g/mol. The number of benzene rings is 1. The maximum absolute atomic E-state index is 11.4. The summed E-state index contributed by atoms with van der Waals surface area (Å²) in [5.74, 6) is 1.02. The minimum atomic E-state index is -2.88. The Kier molecular flexibility index (Phi) is 2.44.